The maximum Gasteiger partial charge on any atom is 0.241 e. The fourth-order valence-electron chi connectivity index (χ4n) is 0.138. The van der Waals surface area contributed by atoms with Gasteiger partial charge in [0, 0.05) is 7.05 Å². The first kappa shape index (κ1) is 7.19. The van der Waals surface area contributed by atoms with Crippen LogP contribution in [0.3, 0.4) is 0 Å². The minimum absolute atomic E-state index is 0.174. The van der Waals surface area contributed by atoms with Crippen molar-refractivity contribution in [1.29, 1.82) is 0 Å². The number of hydrogen-bond acceptors (Lipinski definition) is 1. The van der Waals surface area contributed by atoms with Gasteiger partial charge in [0.2, 0.25) is 5.91 Å². The van der Waals surface area contributed by atoms with Crippen LogP contribution in [0.2, 0.25) is 0 Å². The highest BCUT2D eigenvalue weighted by molar-refractivity contribution is 7.23. The van der Waals surface area contributed by atoms with Crippen molar-refractivity contribution < 1.29 is 4.79 Å². The Morgan fingerprint density at radius 3 is 2.43 bits per heavy atom. The van der Waals surface area contributed by atoms with Gasteiger partial charge in [-0.1, -0.05) is 0 Å². The summed E-state index contributed by atoms with van der Waals surface area (Å²) >= 11 is 5.28. The van der Waals surface area contributed by atoms with E-state index in [1.807, 2.05) is 0 Å². The number of halogens is 1. The lowest BCUT2D eigenvalue weighted by Crippen LogP contribution is -2.23. The van der Waals surface area contributed by atoms with Gasteiger partial charge in [0.15, 0.2) is 0 Å². The lowest BCUT2D eigenvalue weighted by Gasteiger charge is -1.96. The summed E-state index contributed by atoms with van der Waals surface area (Å²) in [6, 6.07) is 0. The second-order valence-electron chi connectivity index (χ2n) is 1.02. The minimum atomic E-state index is -0.495. The molecule has 0 aromatic rings. The Morgan fingerprint density at radius 2 is 2.43 bits per heavy atom. The molecule has 0 heterocycles. The summed E-state index contributed by atoms with van der Waals surface area (Å²) in [7, 11) is 3.71. The molecule has 0 aliphatic heterocycles. The molecule has 4 heteroatoms. The second-order valence-corrected chi connectivity index (χ2v) is 2.58. The Hall–Kier alpha value is 0.190. The zero-order valence-corrected chi connectivity index (χ0v) is 5.85. The van der Waals surface area contributed by atoms with Crippen molar-refractivity contribution in [3.63, 3.8) is 0 Å². The van der Waals surface area contributed by atoms with Crippen LogP contribution >= 0.6 is 20.8 Å². The van der Waals surface area contributed by atoms with E-state index in [0.29, 0.717) is 0 Å². The van der Waals surface area contributed by atoms with Gasteiger partial charge in [0.25, 0.3) is 0 Å². The average molecular weight is 140 g/mol. The predicted octanol–water partition coefficient (Wildman–Crippen LogP) is 0.172. The van der Waals surface area contributed by atoms with Crippen molar-refractivity contribution in [1.82, 2.24) is 5.32 Å². The summed E-state index contributed by atoms with van der Waals surface area (Å²) in [5.41, 5.74) is 0. The lowest BCUT2D eigenvalue weighted by atomic mass is 10.7. The van der Waals surface area contributed by atoms with Crippen LogP contribution in [0.5, 0.6) is 0 Å². The summed E-state index contributed by atoms with van der Waals surface area (Å²) in [6.07, 6.45) is 0. The van der Waals surface area contributed by atoms with Gasteiger partial charge < -0.3 is 5.32 Å². The normalized spacial score (nSPS) is 13.0. The molecule has 0 aliphatic rings. The maximum absolute atomic E-state index is 10.2. The van der Waals surface area contributed by atoms with Crippen molar-refractivity contribution in [2.45, 2.75) is 5.12 Å². The van der Waals surface area contributed by atoms with Crippen LogP contribution in [0.1, 0.15) is 0 Å². The van der Waals surface area contributed by atoms with Crippen molar-refractivity contribution in [2.75, 3.05) is 7.05 Å². The Kier molecular flexibility index (Phi) is 3.31. The molecular weight excluding hydrogens is 132 g/mol. The zero-order valence-electron chi connectivity index (χ0n) is 3.94. The van der Waals surface area contributed by atoms with E-state index >= 15 is 0 Å². The topological polar surface area (TPSA) is 29.1 Å². The fraction of sp³-hybridized carbons (Fsp3) is 0.667. The average Bonchev–Trinajstić information content (AvgIpc) is 1.65. The van der Waals surface area contributed by atoms with Crippen LogP contribution in [0, 0.1) is 0 Å². The number of amides is 1. The van der Waals surface area contributed by atoms with E-state index in [0.717, 1.165) is 0 Å². The fourth-order valence-corrected chi connectivity index (χ4v) is 0.414. The van der Waals surface area contributed by atoms with E-state index in [-0.39, 0.29) is 5.91 Å². The molecule has 2 unspecified atom stereocenters. The van der Waals surface area contributed by atoms with Gasteiger partial charge >= 0.3 is 0 Å². The summed E-state index contributed by atoms with van der Waals surface area (Å²) in [6.45, 7) is 0. The Bertz CT molecular complexity index is 75.3. The van der Waals surface area contributed by atoms with Gasteiger partial charge in [-0.15, -0.1) is 20.8 Å². The smallest absolute Gasteiger partial charge is 0.241 e. The summed E-state index contributed by atoms with van der Waals surface area (Å²) in [5, 5.41) is 1.88. The van der Waals surface area contributed by atoms with E-state index in [9.17, 15) is 4.79 Å². The van der Waals surface area contributed by atoms with Gasteiger partial charge in [-0.25, -0.2) is 0 Å². The molecule has 0 spiro atoms. The third kappa shape index (κ3) is 2.84. The minimum Gasteiger partial charge on any atom is -0.358 e. The van der Waals surface area contributed by atoms with Crippen molar-refractivity contribution in [2.24, 2.45) is 0 Å². The Morgan fingerprint density at radius 1 is 2.00 bits per heavy atom. The molecule has 0 saturated carbocycles. The first-order chi connectivity index (χ1) is 3.18. The SMILES string of the molecule is CNC(=O)C(P)Cl. The highest BCUT2D eigenvalue weighted by atomic mass is 35.5. The number of carbonyl (C=O) groups is 1. The third-order valence-corrected chi connectivity index (χ3v) is 0.998. The van der Waals surface area contributed by atoms with E-state index < -0.39 is 5.12 Å². The predicted molar refractivity (Wildman–Crippen MR) is 33.4 cm³/mol. The second kappa shape index (κ2) is 3.23. The number of rotatable bonds is 1. The highest BCUT2D eigenvalue weighted by Gasteiger charge is 2.03. The largest absolute Gasteiger partial charge is 0.358 e. The zero-order chi connectivity index (χ0) is 5.86. The van der Waals surface area contributed by atoms with Crippen LogP contribution < -0.4 is 5.32 Å². The molecule has 0 radical (unpaired) electrons. The summed E-state index contributed by atoms with van der Waals surface area (Å²) in [5.74, 6) is -0.174. The molecule has 1 amide bonds. The first-order valence-electron chi connectivity index (χ1n) is 1.79. The van der Waals surface area contributed by atoms with Gasteiger partial charge in [-0.05, 0) is 0 Å². The van der Waals surface area contributed by atoms with Gasteiger partial charge in [0.1, 0.15) is 5.12 Å². The van der Waals surface area contributed by atoms with Crippen molar-refractivity contribution in [3.8, 4) is 0 Å². The summed E-state index contributed by atoms with van der Waals surface area (Å²) in [4.78, 5) is 10.2. The van der Waals surface area contributed by atoms with Crippen LogP contribution in [-0.4, -0.2) is 18.1 Å². The number of nitrogens with one attached hydrogen (secondary N) is 1. The molecule has 2 atom stereocenters. The van der Waals surface area contributed by atoms with Gasteiger partial charge in [-0.2, -0.15) is 0 Å². The first-order valence-corrected chi connectivity index (χ1v) is 2.90. The number of hydrogen-bond donors (Lipinski definition) is 1. The lowest BCUT2D eigenvalue weighted by molar-refractivity contribution is -0.118. The molecule has 1 N–H and O–H groups in total. The molecule has 0 fully saturated rings. The number of alkyl halides is 1. The molecule has 0 aliphatic carbocycles. The Labute approximate surface area is 49.8 Å². The Balaban J connectivity index is 3.35. The van der Waals surface area contributed by atoms with E-state index in [1.54, 1.807) is 7.05 Å². The molecule has 0 saturated heterocycles. The van der Waals surface area contributed by atoms with Crippen LogP contribution in [-0.2, 0) is 4.79 Å². The quantitative estimate of drug-likeness (QED) is 0.407. The van der Waals surface area contributed by atoms with Crippen LogP contribution in [0.4, 0.5) is 0 Å². The monoisotopic (exact) mass is 139 g/mol. The number of carbonyl (C=O) groups excluding carboxylic acids is 1. The molecule has 0 aromatic carbocycles. The molecule has 0 aromatic heterocycles. The van der Waals surface area contributed by atoms with Crippen molar-refractivity contribution >= 4 is 26.7 Å². The van der Waals surface area contributed by atoms with E-state index in [1.165, 1.54) is 0 Å². The van der Waals surface area contributed by atoms with Gasteiger partial charge in [-0.3, -0.25) is 4.79 Å². The molecule has 7 heavy (non-hydrogen) atoms. The van der Waals surface area contributed by atoms with Crippen LogP contribution in [0.15, 0.2) is 0 Å². The van der Waals surface area contributed by atoms with E-state index in [4.69, 9.17) is 11.6 Å². The third-order valence-electron chi connectivity index (χ3n) is 0.497. The van der Waals surface area contributed by atoms with Crippen LogP contribution in [0.25, 0.3) is 0 Å². The maximum atomic E-state index is 10.2. The van der Waals surface area contributed by atoms with E-state index in [2.05, 4.69) is 14.6 Å². The van der Waals surface area contributed by atoms with Gasteiger partial charge in [0.05, 0.1) is 0 Å². The highest BCUT2D eigenvalue weighted by Crippen LogP contribution is 2.02. The molecule has 0 rings (SSSR count). The molecule has 42 valence electrons. The molecular formula is C3H7ClNOP. The van der Waals surface area contributed by atoms with Crippen molar-refractivity contribution in [3.05, 3.63) is 0 Å². The molecule has 0 bridgehead atoms. The summed E-state index contributed by atoms with van der Waals surface area (Å²) < 4.78 is 0. The molecule has 2 nitrogen and oxygen atoms in total. The standard InChI is InChI=1S/C3H7ClNOP/c1-5-3(6)2(4)7/h2H,7H2,1H3,(H,5,6).